The molecular formula is C26H22F3N3O3. The Bertz CT molecular complexity index is 1330. The van der Waals surface area contributed by atoms with Crippen LogP contribution in [0.25, 0.3) is 5.69 Å². The van der Waals surface area contributed by atoms with Crippen molar-refractivity contribution in [1.29, 1.82) is 0 Å². The van der Waals surface area contributed by atoms with Crippen molar-refractivity contribution in [3.63, 3.8) is 0 Å². The van der Waals surface area contributed by atoms with Crippen molar-refractivity contribution in [3.8, 4) is 11.4 Å². The lowest BCUT2D eigenvalue weighted by Crippen LogP contribution is -2.17. The average molecular weight is 481 g/mol. The van der Waals surface area contributed by atoms with Crippen molar-refractivity contribution in [2.45, 2.75) is 26.6 Å². The molecule has 4 rings (SSSR count). The van der Waals surface area contributed by atoms with E-state index in [2.05, 4.69) is 27.2 Å². The SMILES string of the molecule is Cc1ccc(C)n1-c1ccc(OCc2ccc(C(=O)NN=Cc3ccccc3C(F)(F)F)o2)cc1. The van der Waals surface area contributed by atoms with Crippen molar-refractivity contribution < 1.29 is 27.1 Å². The third-order valence-electron chi connectivity index (χ3n) is 5.27. The Kier molecular flexibility index (Phi) is 6.77. The van der Waals surface area contributed by atoms with Gasteiger partial charge in [0.15, 0.2) is 5.76 Å². The fourth-order valence-electron chi connectivity index (χ4n) is 3.58. The molecule has 0 aliphatic rings. The first-order chi connectivity index (χ1) is 16.7. The molecule has 0 saturated heterocycles. The van der Waals surface area contributed by atoms with E-state index < -0.39 is 17.6 Å². The molecule has 1 amide bonds. The Morgan fingerprint density at radius 3 is 2.37 bits per heavy atom. The van der Waals surface area contributed by atoms with Crippen LogP contribution in [-0.2, 0) is 12.8 Å². The Morgan fingerprint density at radius 1 is 1.00 bits per heavy atom. The number of hydrazone groups is 1. The van der Waals surface area contributed by atoms with Gasteiger partial charge in [0.25, 0.3) is 0 Å². The van der Waals surface area contributed by atoms with E-state index in [1.165, 1.54) is 24.3 Å². The van der Waals surface area contributed by atoms with Crippen molar-refractivity contribution in [2.75, 3.05) is 0 Å². The number of carbonyl (C=O) groups is 1. The van der Waals surface area contributed by atoms with E-state index in [0.717, 1.165) is 29.4 Å². The topological polar surface area (TPSA) is 68.8 Å². The van der Waals surface area contributed by atoms with Gasteiger partial charge >= 0.3 is 12.1 Å². The summed E-state index contributed by atoms with van der Waals surface area (Å²) in [6.45, 7) is 4.17. The van der Waals surface area contributed by atoms with Gasteiger partial charge in [0.1, 0.15) is 18.1 Å². The van der Waals surface area contributed by atoms with Crippen LogP contribution in [-0.4, -0.2) is 16.7 Å². The molecular weight excluding hydrogens is 459 g/mol. The number of amides is 1. The highest BCUT2D eigenvalue weighted by Crippen LogP contribution is 2.31. The molecule has 4 aromatic rings. The molecule has 0 spiro atoms. The monoisotopic (exact) mass is 481 g/mol. The molecule has 1 N–H and O–H groups in total. The largest absolute Gasteiger partial charge is 0.486 e. The maximum Gasteiger partial charge on any atom is 0.417 e. The van der Waals surface area contributed by atoms with E-state index in [1.807, 2.05) is 38.1 Å². The van der Waals surface area contributed by atoms with Gasteiger partial charge in [-0.1, -0.05) is 18.2 Å². The maximum atomic E-state index is 13.0. The molecule has 2 heterocycles. The molecule has 2 aromatic heterocycles. The summed E-state index contributed by atoms with van der Waals surface area (Å²) < 4.78 is 52.4. The van der Waals surface area contributed by atoms with Gasteiger partial charge in [0.05, 0.1) is 11.8 Å². The molecule has 0 bridgehead atoms. The summed E-state index contributed by atoms with van der Waals surface area (Å²) in [7, 11) is 0. The van der Waals surface area contributed by atoms with Gasteiger partial charge in [0.2, 0.25) is 0 Å². The van der Waals surface area contributed by atoms with Crippen LogP contribution in [0, 0.1) is 13.8 Å². The summed E-state index contributed by atoms with van der Waals surface area (Å²) in [6, 6.07) is 19.6. The van der Waals surface area contributed by atoms with Crippen LogP contribution in [0.4, 0.5) is 13.2 Å². The Morgan fingerprint density at radius 2 is 1.69 bits per heavy atom. The van der Waals surface area contributed by atoms with Gasteiger partial charge in [0, 0.05) is 22.6 Å². The number of carbonyl (C=O) groups excluding carboxylic acids is 1. The summed E-state index contributed by atoms with van der Waals surface area (Å²) in [6.07, 6.45) is -3.59. The zero-order valence-electron chi connectivity index (χ0n) is 19.0. The van der Waals surface area contributed by atoms with E-state index in [1.54, 1.807) is 6.07 Å². The van der Waals surface area contributed by atoms with Gasteiger partial charge in [-0.15, -0.1) is 0 Å². The number of hydrogen-bond donors (Lipinski definition) is 1. The van der Waals surface area contributed by atoms with Crippen molar-refractivity contribution in [2.24, 2.45) is 5.10 Å². The molecule has 0 atom stereocenters. The highest BCUT2D eigenvalue weighted by Gasteiger charge is 2.32. The lowest BCUT2D eigenvalue weighted by Gasteiger charge is -2.10. The molecule has 35 heavy (non-hydrogen) atoms. The van der Waals surface area contributed by atoms with E-state index >= 15 is 0 Å². The fourth-order valence-corrected chi connectivity index (χ4v) is 3.58. The maximum absolute atomic E-state index is 13.0. The second kappa shape index (κ2) is 9.92. The van der Waals surface area contributed by atoms with Crippen LogP contribution in [0.5, 0.6) is 5.75 Å². The Hall–Kier alpha value is -4.27. The first kappa shape index (κ1) is 23.9. The zero-order valence-corrected chi connectivity index (χ0v) is 19.0. The van der Waals surface area contributed by atoms with Crippen LogP contribution >= 0.6 is 0 Å². The standard InChI is InChI=1S/C26H22F3N3O3/c1-17-7-8-18(2)32(17)20-9-11-21(12-10-20)34-16-22-13-14-24(35-22)25(33)31-30-15-19-5-3-4-6-23(19)26(27,28)29/h3-15H,16H2,1-2H3,(H,31,33). The third kappa shape index (κ3) is 5.63. The lowest BCUT2D eigenvalue weighted by atomic mass is 10.1. The number of rotatable bonds is 7. The lowest BCUT2D eigenvalue weighted by molar-refractivity contribution is -0.137. The molecule has 0 radical (unpaired) electrons. The number of hydrogen-bond acceptors (Lipinski definition) is 4. The number of halogens is 3. The number of aromatic nitrogens is 1. The molecule has 6 nitrogen and oxygen atoms in total. The van der Waals surface area contributed by atoms with Crippen molar-refractivity contribution in [1.82, 2.24) is 9.99 Å². The van der Waals surface area contributed by atoms with Crippen LogP contribution in [0.1, 0.15) is 38.8 Å². The molecule has 0 unspecified atom stereocenters. The minimum atomic E-state index is -4.52. The fraction of sp³-hybridized carbons (Fsp3) is 0.154. The van der Waals surface area contributed by atoms with Gasteiger partial charge in [-0.3, -0.25) is 4.79 Å². The van der Waals surface area contributed by atoms with Crippen LogP contribution in [0.3, 0.4) is 0 Å². The number of benzene rings is 2. The Balaban J connectivity index is 1.33. The molecule has 0 saturated carbocycles. The number of ether oxygens (including phenoxy) is 1. The van der Waals surface area contributed by atoms with E-state index in [4.69, 9.17) is 9.15 Å². The molecule has 180 valence electrons. The normalized spacial score (nSPS) is 11.7. The summed E-state index contributed by atoms with van der Waals surface area (Å²) in [5, 5.41) is 3.62. The van der Waals surface area contributed by atoms with E-state index in [9.17, 15) is 18.0 Å². The summed E-state index contributed by atoms with van der Waals surface area (Å²) >= 11 is 0. The summed E-state index contributed by atoms with van der Waals surface area (Å²) in [5.41, 5.74) is 4.44. The smallest absolute Gasteiger partial charge is 0.417 e. The summed E-state index contributed by atoms with van der Waals surface area (Å²) in [5.74, 6) is 0.298. The first-order valence-electron chi connectivity index (χ1n) is 10.7. The molecule has 0 fully saturated rings. The van der Waals surface area contributed by atoms with Gasteiger partial charge in [-0.25, -0.2) is 5.43 Å². The van der Waals surface area contributed by atoms with Crippen LogP contribution < -0.4 is 10.2 Å². The quantitative estimate of drug-likeness (QED) is 0.258. The molecule has 0 aliphatic carbocycles. The zero-order chi connectivity index (χ0) is 25.0. The first-order valence-corrected chi connectivity index (χ1v) is 10.7. The van der Waals surface area contributed by atoms with Crippen molar-refractivity contribution in [3.05, 3.63) is 107 Å². The highest BCUT2D eigenvalue weighted by molar-refractivity contribution is 5.92. The molecule has 0 aliphatic heterocycles. The predicted octanol–water partition coefficient (Wildman–Crippen LogP) is 6.05. The Labute approximate surface area is 199 Å². The number of aryl methyl sites for hydroxylation is 2. The molecule has 2 aromatic carbocycles. The van der Waals surface area contributed by atoms with Crippen LogP contribution in [0.15, 0.2) is 82.3 Å². The number of alkyl halides is 3. The molecule has 9 heteroatoms. The minimum Gasteiger partial charge on any atom is -0.486 e. The van der Waals surface area contributed by atoms with E-state index in [-0.39, 0.29) is 17.9 Å². The second-order valence-corrected chi connectivity index (χ2v) is 7.78. The predicted molar refractivity (Wildman–Crippen MR) is 125 cm³/mol. The highest BCUT2D eigenvalue weighted by atomic mass is 19.4. The number of furan rings is 1. The third-order valence-corrected chi connectivity index (χ3v) is 5.27. The van der Waals surface area contributed by atoms with Gasteiger partial charge in [-0.2, -0.15) is 18.3 Å². The number of nitrogens with one attached hydrogen (secondary N) is 1. The van der Waals surface area contributed by atoms with Crippen molar-refractivity contribution >= 4 is 12.1 Å². The van der Waals surface area contributed by atoms with Gasteiger partial charge < -0.3 is 13.7 Å². The van der Waals surface area contributed by atoms with Gasteiger partial charge in [-0.05, 0) is 68.4 Å². The number of nitrogens with zero attached hydrogens (tertiary/aromatic N) is 2. The average Bonchev–Trinajstić information content (AvgIpc) is 3.44. The second-order valence-electron chi connectivity index (χ2n) is 7.78. The summed E-state index contributed by atoms with van der Waals surface area (Å²) in [4.78, 5) is 12.2. The van der Waals surface area contributed by atoms with Crippen LogP contribution in [0.2, 0.25) is 0 Å². The minimum absolute atomic E-state index is 0.0428. The van der Waals surface area contributed by atoms with E-state index in [0.29, 0.717) is 11.5 Å².